The van der Waals surface area contributed by atoms with E-state index in [2.05, 4.69) is 51.3 Å². The predicted molar refractivity (Wildman–Crippen MR) is 189 cm³/mol. The molecule has 0 saturated heterocycles. The normalized spacial score (nSPS) is 22.7. The molecule has 0 saturated carbocycles. The number of carbonyl (C=O) groups is 2. The third-order valence-electron chi connectivity index (χ3n) is 10.6. The molecule has 10 bridgehead atoms. The smallest absolute Gasteiger partial charge is 0.249 e. The average Bonchev–Trinajstić information content (AvgIpc) is 3.92. The van der Waals surface area contributed by atoms with Gasteiger partial charge in [0.1, 0.15) is 23.2 Å². The Bertz CT molecular complexity index is 2440. The summed E-state index contributed by atoms with van der Waals surface area (Å²) in [6, 6.07) is 16.0. The summed E-state index contributed by atoms with van der Waals surface area (Å²) in [4.78, 5) is 40.4. The molecule has 3 aromatic carbocycles. The molecule has 12 nitrogen and oxygen atoms in total. The largest absolute Gasteiger partial charge is 0.469 e. The Morgan fingerprint density at radius 2 is 1.88 bits per heavy atom. The molecule has 5 unspecified atom stereocenters. The average molecular weight is 682 g/mol. The number of oxazole rings is 2. The van der Waals surface area contributed by atoms with Gasteiger partial charge in [0, 0.05) is 63.9 Å². The van der Waals surface area contributed by atoms with Gasteiger partial charge in [-0.15, -0.1) is 0 Å². The van der Waals surface area contributed by atoms with E-state index in [-0.39, 0.29) is 36.4 Å². The summed E-state index contributed by atoms with van der Waals surface area (Å²) in [6.45, 7) is 5.72. The van der Waals surface area contributed by atoms with E-state index in [1.807, 2.05) is 44.3 Å². The number of benzene rings is 3. The molecule has 0 fully saturated rings. The standard InChI is InChI=1S/C39H35N7O5/c1-17(2)12-29(47)43-26-14-19-10-11-27-24(13-19)39-23-8-4-7-21(32(23)46-38(39)50-27)20-6-5-9-25-30(20)22(15-41-25)28-16-42-36(49-28)33-34(39)51-37(45-33)31(18(3)40)44-35(26)48/h4-11,13,15-18,26,31,38,41,46H,12,14,40H2,1-3H3,(H,43,47)(H,44,48). The van der Waals surface area contributed by atoms with Crippen LogP contribution in [0.5, 0.6) is 5.75 Å². The first kappa shape index (κ1) is 30.0. The lowest BCUT2D eigenvalue weighted by molar-refractivity contribution is -0.130. The van der Waals surface area contributed by atoms with Gasteiger partial charge in [-0.1, -0.05) is 56.3 Å². The highest BCUT2D eigenvalue weighted by Gasteiger charge is 2.61. The molecular formula is C39H35N7O5. The van der Waals surface area contributed by atoms with Crippen molar-refractivity contribution in [3.8, 4) is 39.8 Å². The minimum atomic E-state index is -1.05. The molecule has 3 aromatic heterocycles. The lowest BCUT2D eigenvalue weighted by Crippen LogP contribution is -2.51. The number of nitrogens with one attached hydrogen (secondary N) is 4. The van der Waals surface area contributed by atoms with Crippen molar-refractivity contribution >= 4 is 28.4 Å². The molecule has 6 aromatic rings. The van der Waals surface area contributed by atoms with Gasteiger partial charge in [0.15, 0.2) is 23.4 Å². The van der Waals surface area contributed by atoms with Crippen LogP contribution >= 0.6 is 0 Å². The number of anilines is 1. The summed E-state index contributed by atoms with van der Waals surface area (Å²) in [5, 5.41) is 10.8. The van der Waals surface area contributed by atoms with E-state index < -0.39 is 35.7 Å². The first-order chi connectivity index (χ1) is 24.7. The topological polar surface area (TPSA) is 173 Å². The minimum absolute atomic E-state index is 0.121. The van der Waals surface area contributed by atoms with Crippen LogP contribution in [0.1, 0.15) is 61.6 Å². The zero-order valence-corrected chi connectivity index (χ0v) is 28.2. The van der Waals surface area contributed by atoms with Crippen LogP contribution in [-0.4, -0.2) is 45.1 Å². The van der Waals surface area contributed by atoms with Crippen LogP contribution in [0.3, 0.4) is 0 Å². The number of hydrogen-bond donors (Lipinski definition) is 5. The van der Waals surface area contributed by atoms with Crippen molar-refractivity contribution in [2.75, 3.05) is 5.32 Å². The molecule has 4 aliphatic rings. The minimum Gasteiger partial charge on any atom is -0.469 e. The number of rotatable bonds is 4. The van der Waals surface area contributed by atoms with Crippen molar-refractivity contribution in [1.82, 2.24) is 25.6 Å². The molecule has 0 radical (unpaired) electrons. The third-order valence-corrected chi connectivity index (χ3v) is 10.6. The number of aromatic amines is 1. The van der Waals surface area contributed by atoms with Crippen LogP contribution in [0.4, 0.5) is 5.69 Å². The lowest BCUT2D eigenvalue weighted by Gasteiger charge is -2.28. The molecule has 256 valence electrons. The molecule has 2 amide bonds. The summed E-state index contributed by atoms with van der Waals surface area (Å²) in [7, 11) is 0. The number of carbonyl (C=O) groups excluding carboxylic acids is 2. The van der Waals surface area contributed by atoms with E-state index in [1.165, 1.54) is 0 Å². The second kappa shape index (κ2) is 10.6. The first-order valence-corrected chi connectivity index (χ1v) is 17.3. The van der Waals surface area contributed by atoms with E-state index in [0.717, 1.165) is 50.0 Å². The third kappa shape index (κ3) is 4.16. The van der Waals surface area contributed by atoms with Gasteiger partial charge in [-0.25, -0.2) is 9.97 Å². The zero-order chi connectivity index (χ0) is 34.8. The maximum absolute atomic E-state index is 14.1. The molecule has 0 aliphatic carbocycles. The molecular weight excluding hydrogens is 646 g/mol. The van der Waals surface area contributed by atoms with Crippen molar-refractivity contribution in [2.45, 2.75) is 63.4 Å². The molecule has 10 rings (SSSR count). The molecule has 7 heterocycles. The molecule has 1 spiro atoms. The van der Waals surface area contributed by atoms with Crippen molar-refractivity contribution in [3.63, 3.8) is 0 Å². The lowest BCUT2D eigenvalue weighted by atomic mass is 9.72. The van der Waals surface area contributed by atoms with E-state index in [1.54, 1.807) is 13.1 Å². The highest BCUT2D eigenvalue weighted by Crippen LogP contribution is 2.61. The molecule has 4 aliphatic heterocycles. The molecule has 6 N–H and O–H groups in total. The van der Waals surface area contributed by atoms with E-state index in [9.17, 15) is 9.59 Å². The fourth-order valence-electron chi connectivity index (χ4n) is 8.39. The fourth-order valence-corrected chi connectivity index (χ4v) is 8.39. The van der Waals surface area contributed by atoms with Crippen LogP contribution in [0.2, 0.25) is 0 Å². The number of para-hydroxylation sites is 1. The molecule has 12 heteroatoms. The molecule has 5 atom stereocenters. The van der Waals surface area contributed by atoms with Gasteiger partial charge < -0.3 is 40.2 Å². The summed E-state index contributed by atoms with van der Waals surface area (Å²) in [5.41, 5.74) is 13.3. The second-order valence-electron chi connectivity index (χ2n) is 14.5. The maximum Gasteiger partial charge on any atom is 0.249 e. The Labute approximate surface area is 292 Å². The van der Waals surface area contributed by atoms with Crippen LogP contribution in [0, 0.1) is 5.92 Å². The van der Waals surface area contributed by atoms with Crippen molar-refractivity contribution in [3.05, 3.63) is 95.3 Å². The van der Waals surface area contributed by atoms with Gasteiger partial charge in [-0.2, -0.15) is 0 Å². The summed E-state index contributed by atoms with van der Waals surface area (Å²) in [6.07, 6.45) is 3.54. The maximum atomic E-state index is 14.1. The predicted octanol–water partition coefficient (Wildman–Crippen LogP) is 5.53. The number of nitrogens with zero attached hydrogens (tertiary/aromatic N) is 2. The number of ether oxygens (including phenoxy) is 1. The Morgan fingerprint density at radius 1 is 1.04 bits per heavy atom. The van der Waals surface area contributed by atoms with Crippen molar-refractivity contribution in [1.29, 1.82) is 0 Å². The number of hydrogen-bond acceptors (Lipinski definition) is 9. The quantitative estimate of drug-likeness (QED) is 0.160. The number of amides is 2. The Balaban J connectivity index is 1.29. The van der Waals surface area contributed by atoms with Gasteiger partial charge >= 0.3 is 0 Å². The van der Waals surface area contributed by atoms with Crippen LogP contribution < -0.4 is 26.4 Å². The first-order valence-electron chi connectivity index (χ1n) is 17.3. The van der Waals surface area contributed by atoms with Gasteiger partial charge in [0.25, 0.3) is 0 Å². The Morgan fingerprint density at radius 3 is 2.73 bits per heavy atom. The summed E-state index contributed by atoms with van der Waals surface area (Å²) < 4.78 is 20.3. The zero-order valence-electron chi connectivity index (χ0n) is 28.2. The van der Waals surface area contributed by atoms with Gasteiger partial charge in [-0.3, -0.25) is 9.59 Å². The van der Waals surface area contributed by atoms with E-state index in [0.29, 0.717) is 23.0 Å². The highest BCUT2D eigenvalue weighted by atomic mass is 16.5. The van der Waals surface area contributed by atoms with Gasteiger partial charge in [0.05, 0.1) is 6.20 Å². The van der Waals surface area contributed by atoms with Gasteiger partial charge in [-0.05, 0) is 36.1 Å². The number of nitrogens with two attached hydrogens (primary N) is 1. The summed E-state index contributed by atoms with van der Waals surface area (Å²) in [5.74, 6) is 1.67. The molecule has 51 heavy (non-hydrogen) atoms. The Kier molecular flexibility index (Phi) is 6.21. The van der Waals surface area contributed by atoms with Crippen molar-refractivity contribution in [2.24, 2.45) is 11.7 Å². The van der Waals surface area contributed by atoms with E-state index in [4.69, 9.17) is 29.3 Å². The number of H-pyrrole nitrogens is 1. The highest BCUT2D eigenvalue weighted by molar-refractivity contribution is 6.07. The number of aromatic nitrogens is 3. The van der Waals surface area contributed by atoms with Crippen molar-refractivity contribution < 1.29 is 23.2 Å². The van der Waals surface area contributed by atoms with Gasteiger partial charge in [0.2, 0.25) is 23.6 Å². The Hall–Kier alpha value is -5.88. The SMILES string of the molecule is CC(C)CC(=O)NC1Cc2ccc3c(c2)C24c5cccc(c5NC2O3)-c2cccc3[nH]cc(c23)-c2cnc(o2)-c2nc(oc24)C(C(C)N)NC1=O. The summed E-state index contributed by atoms with van der Waals surface area (Å²) >= 11 is 0. The van der Waals surface area contributed by atoms with Crippen LogP contribution in [0.15, 0.2) is 75.8 Å². The van der Waals surface area contributed by atoms with Crippen LogP contribution in [0.25, 0.3) is 44.9 Å². The van der Waals surface area contributed by atoms with E-state index >= 15 is 0 Å². The second-order valence-corrected chi connectivity index (χ2v) is 14.5. The number of fused-ring (bicyclic) bond motifs is 7. The monoisotopic (exact) mass is 681 g/mol. The fraction of sp³-hybridized carbons (Fsp3) is 0.282. The van der Waals surface area contributed by atoms with Crippen LogP contribution in [-0.2, 0) is 21.4 Å².